The lowest BCUT2D eigenvalue weighted by Crippen LogP contribution is -2.17. The van der Waals surface area contributed by atoms with Crippen LogP contribution in [0.2, 0.25) is 0 Å². The second-order valence-corrected chi connectivity index (χ2v) is 4.81. The summed E-state index contributed by atoms with van der Waals surface area (Å²) in [7, 11) is 0. The van der Waals surface area contributed by atoms with Crippen molar-refractivity contribution in [3.05, 3.63) is 59.6 Å². The first kappa shape index (κ1) is 14.8. The minimum Gasteiger partial charge on any atom is -0.380 e. The summed E-state index contributed by atoms with van der Waals surface area (Å²) in [4.78, 5) is 3.78. The van der Waals surface area contributed by atoms with Gasteiger partial charge in [0.1, 0.15) is 0 Å². The molecular formula is C15H10F3N5. The third kappa shape index (κ3) is 3.08. The number of hydrogen-bond acceptors (Lipinski definition) is 4. The summed E-state index contributed by atoms with van der Waals surface area (Å²) in [5.41, 5.74) is 1.34. The maximum atomic E-state index is 12.5. The molecule has 1 N–H and O–H groups in total. The molecule has 23 heavy (non-hydrogen) atoms. The lowest BCUT2D eigenvalue weighted by molar-refractivity contribution is -0.137. The van der Waals surface area contributed by atoms with Gasteiger partial charge in [-0.05, 0) is 24.3 Å². The van der Waals surface area contributed by atoms with Crippen molar-refractivity contribution in [2.24, 2.45) is 0 Å². The molecular weight excluding hydrogens is 307 g/mol. The van der Waals surface area contributed by atoms with Crippen LogP contribution in [0.4, 0.5) is 13.2 Å². The van der Waals surface area contributed by atoms with Crippen LogP contribution in [0.25, 0.3) is 11.5 Å². The number of nitriles is 1. The Morgan fingerprint density at radius 3 is 2.61 bits per heavy atom. The SMILES string of the molecule is N#CC1=CC=C(c2cnn(-c3ccc(C(F)(F)F)cn3)c2)NC1. The topological polar surface area (TPSA) is 66.5 Å². The summed E-state index contributed by atoms with van der Waals surface area (Å²) < 4.78 is 39.0. The minimum atomic E-state index is -4.41. The van der Waals surface area contributed by atoms with Gasteiger partial charge < -0.3 is 5.32 Å². The van der Waals surface area contributed by atoms with E-state index in [2.05, 4.69) is 21.5 Å². The van der Waals surface area contributed by atoms with Gasteiger partial charge in [0.05, 0.1) is 24.4 Å². The Morgan fingerprint density at radius 2 is 2.04 bits per heavy atom. The lowest BCUT2D eigenvalue weighted by Gasteiger charge is -2.12. The van der Waals surface area contributed by atoms with Crippen molar-refractivity contribution in [2.45, 2.75) is 6.18 Å². The van der Waals surface area contributed by atoms with Crippen molar-refractivity contribution in [3.8, 4) is 11.9 Å². The first-order chi connectivity index (χ1) is 11.0. The fraction of sp³-hybridized carbons (Fsp3) is 0.133. The maximum Gasteiger partial charge on any atom is 0.417 e. The van der Waals surface area contributed by atoms with Crippen LogP contribution in [-0.2, 0) is 6.18 Å². The molecule has 8 heteroatoms. The average molecular weight is 317 g/mol. The van der Waals surface area contributed by atoms with Gasteiger partial charge in [-0.3, -0.25) is 0 Å². The molecule has 5 nitrogen and oxygen atoms in total. The van der Waals surface area contributed by atoms with Gasteiger partial charge in [-0.2, -0.15) is 23.5 Å². The number of pyridine rings is 1. The fourth-order valence-electron chi connectivity index (χ4n) is 2.04. The zero-order chi connectivity index (χ0) is 16.4. The molecule has 116 valence electrons. The Labute approximate surface area is 129 Å². The molecule has 0 amide bonds. The standard InChI is InChI=1S/C15H10F3N5/c16-15(17,18)12-2-4-14(21-8-12)23-9-11(7-22-23)13-3-1-10(5-19)6-20-13/h1-4,7-9,20H,6H2. The molecule has 0 aliphatic carbocycles. The zero-order valence-electron chi connectivity index (χ0n) is 11.7. The molecule has 1 aliphatic heterocycles. The molecule has 0 radical (unpaired) electrons. The highest BCUT2D eigenvalue weighted by molar-refractivity contribution is 5.67. The highest BCUT2D eigenvalue weighted by atomic mass is 19.4. The zero-order valence-corrected chi connectivity index (χ0v) is 11.7. The molecule has 0 bridgehead atoms. The molecule has 0 saturated heterocycles. The molecule has 0 unspecified atom stereocenters. The third-order valence-corrected chi connectivity index (χ3v) is 3.27. The van der Waals surface area contributed by atoms with Gasteiger partial charge in [0.25, 0.3) is 0 Å². The van der Waals surface area contributed by atoms with Crippen molar-refractivity contribution in [2.75, 3.05) is 6.54 Å². The molecule has 0 saturated carbocycles. The number of alkyl halides is 3. The van der Waals surface area contributed by atoms with E-state index in [0.29, 0.717) is 12.1 Å². The summed E-state index contributed by atoms with van der Waals surface area (Å²) in [5, 5.41) is 16.0. The van der Waals surface area contributed by atoms with Crippen molar-refractivity contribution >= 4 is 5.70 Å². The number of halogens is 3. The molecule has 0 atom stereocenters. The summed E-state index contributed by atoms with van der Waals surface area (Å²) in [5.74, 6) is 0.286. The number of allylic oxidation sites excluding steroid dienone is 2. The normalized spacial score (nSPS) is 14.5. The van der Waals surface area contributed by atoms with Gasteiger partial charge in [-0.1, -0.05) is 0 Å². The largest absolute Gasteiger partial charge is 0.417 e. The van der Waals surface area contributed by atoms with Crippen LogP contribution in [0, 0.1) is 11.3 Å². The summed E-state index contributed by atoms with van der Waals surface area (Å²) >= 11 is 0. The second-order valence-electron chi connectivity index (χ2n) is 4.81. The fourth-order valence-corrected chi connectivity index (χ4v) is 2.04. The van der Waals surface area contributed by atoms with Gasteiger partial charge >= 0.3 is 6.18 Å². The van der Waals surface area contributed by atoms with E-state index in [0.717, 1.165) is 23.5 Å². The minimum absolute atomic E-state index is 0.286. The van der Waals surface area contributed by atoms with Gasteiger partial charge in [-0.25, -0.2) is 9.67 Å². The summed E-state index contributed by atoms with van der Waals surface area (Å²) in [6, 6.07) is 4.28. The Hall–Kier alpha value is -3.08. The number of aromatic nitrogens is 3. The first-order valence-corrected chi connectivity index (χ1v) is 6.61. The van der Waals surface area contributed by atoms with Crippen LogP contribution < -0.4 is 5.32 Å². The maximum absolute atomic E-state index is 12.5. The third-order valence-electron chi connectivity index (χ3n) is 3.27. The van der Waals surface area contributed by atoms with Crippen LogP contribution in [0.1, 0.15) is 11.1 Å². The van der Waals surface area contributed by atoms with Crippen molar-refractivity contribution in [3.63, 3.8) is 0 Å². The van der Waals surface area contributed by atoms with E-state index in [9.17, 15) is 13.2 Å². The Kier molecular flexibility index (Phi) is 3.62. The predicted molar refractivity (Wildman–Crippen MR) is 76.0 cm³/mol. The van der Waals surface area contributed by atoms with E-state index >= 15 is 0 Å². The van der Waals surface area contributed by atoms with Gasteiger partial charge in [-0.15, -0.1) is 0 Å². The molecule has 3 heterocycles. The second kappa shape index (κ2) is 5.61. The molecule has 0 fully saturated rings. The summed E-state index contributed by atoms with van der Waals surface area (Å²) in [6.45, 7) is 0.423. The van der Waals surface area contributed by atoms with E-state index in [-0.39, 0.29) is 5.82 Å². The smallest absolute Gasteiger partial charge is 0.380 e. The van der Waals surface area contributed by atoms with Crippen molar-refractivity contribution < 1.29 is 13.2 Å². The predicted octanol–water partition coefficient (Wildman–Crippen LogP) is 2.68. The number of nitrogens with zero attached hydrogens (tertiary/aromatic N) is 4. The molecule has 3 rings (SSSR count). The van der Waals surface area contributed by atoms with Crippen LogP contribution in [0.5, 0.6) is 0 Å². The molecule has 2 aromatic rings. The van der Waals surface area contributed by atoms with E-state index in [1.165, 1.54) is 10.7 Å². The lowest BCUT2D eigenvalue weighted by atomic mass is 10.1. The quantitative estimate of drug-likeness (QED) is 0.925. The van der Waals surface area contributed by atoms with Gasteiger partial charge in [0.15, 0.2) is 5.82 Å². The number of nitrogens with one attached hydrogen (secondary N) is 1. The Balaban J connectivity index is 1.84. The first-order valence-electron chi connectivity index (χ1n) is 6.61. The van der Waals surface area contributed by atoms with Crippen molar-refractivity contribution in [1.82, 2.24) is 20.1 Å². The van der Waals surface area contributed by atoms with Crippen LogP contribution >= 0.6 is 0 Å². The number of rotatable bonds is 2. The van der Waals surface area contributed by atoms with E-state index in [1.807, 2.05) is 0 Å². The number of dihydropyridines is 1. The average Bonchev–Trinajstić information content (AvgIpc) is 3.04. The molecule has 0 aromatic carbocycles. The van der Waals surface area contributed by atoms with Crippen LogP contribution in [-0.4, -0.2) is 21.3 Å². The highest BCUT2D eigenvalue weighted by Crippen LogP contribution is 2.28. The molecule has 0 spiro atoms. The van der Waals surface area contributed by atoms with Crippen LogP contribution in [0.15, 0.2) is 48.4 Å². The molecule has 2 aromatic heterocycles. The van der Waals surface area contributed by atoms with Gasteiger partial charge in [0.2, 0.25) is 0 Å². The van der Waals surface area contributed by atoms with E-state index in [1.54, 1.807) is 24.5 Å². The summed E-state index contributed by atoms with van der Waals surface area (Å²) in [6.07, 6.45) is 3.05. The van der Waals surface area contributed by atoms with Crippen LogP contribution in [0.3, 0.4) is 0 Å². The highest BCUT2D eigenvalue weighted by Gasteiger charge is 2.30. The van der Waals surface area contributed by atoms with Gasteiger partial charge in [0, 0.05) is 29.2 Å². The Morgan fingerprint density at radius 1 is 1.22 bits per heavy atom. The van der Waals surface area contributed by atoms with E-state index < -0.39 is 11.7 Å². The molecule has 1 aliphatic rings. The van der Waals surface area contributed by atoms with E-state index in [4.69, 9.17) is 5.26 Å². The van der Waals surface area contributed by atoms with Crippen molar-refractivity contribution in [1.29, 1.82) is 5.26 Å². The Bertz CT molecular complexity index is 822. The monoisotopic (exact) mass is 317 g/mol. The number of hydrogen-bond donors (Lipinski definition) is 1.